The molecule has 1 heterocycles. The summed E-state index contributed by atoms with van der Waals surface area (Å²) < 4.78 is 3.05. The number of hydrogen-bond donors (Lipinski definition) is 0. The largest absolute Gasteiger partial charge is 0.243 e. The van der Waals surface area contributed by atoms with Crippen LogP contribution in [0, 0.1) is 11.3 Å². The second-order valence-electron chi connectivity index (χ2n) is 2.76. The predicted octanol–water partition coefficient (Wildman–Crippen LogP) is 2.52. The van der Waals surface area contributed by atoms with E-state index < -0.39 is 0 Å². The highest BCUT2D eigenvalue weighted by atomic mass is 127. The van der Waals surface area contributed by atoms with E-state index in [1.807, 2.05) is 0 Å². The van der Waals surface area contributed by atoms with Crippen LogP contribution < -0.4 is 0 Å². The molecule has 0 bridgehead atoms. The summed E-state index contributed by atoms with van der Waals surface area (Å²) in [5.41, 5.74) is 0. The maximum Gasteiger partial charge on any atom is 0.0638 e. The molecule has 0 spiro atoms. The van der Waals surface area contributed by atoms with E-state index in [2.05, 4.69) is 54.6 Å². The fourth-order valence-electron chi connectivity index (χ4n) is 1.26. The molecule has 1 aliphatic heterocycles. The van der Waals surface area contributed by atoms with E-state index in [9.17, 15) is 0 Å². The van der Waals surface area contributed by atoms with Gasteiger partial charge < -0.3 is 0 Å². The van der Waals surface area contributed by atoms with Crippen LogP contribution >= 0.6 is 45.5 Å². The van der Waals surface area contributed by atoms with Crippen LogP contribution in [0.15, 0.2) is 0 Å². The molecule has 0 aromatic heterocycles. The van der Waals surface area contributed by atoms with Crippen molar-refractivity contribution < 1.29 is 0 Å². The molecule has 0 N–H and O–H groups in total. The average molecular weight is 376 g/mol. The topological polar surface area (TPSA) is 27.0 Å². The average Bonchev–Trinajstić information content (AvgIpc) is 1.98. The molecule has 2 unspecified atom stereocenters. The molecule has 11 heavy (non-hydrogen) atoms. The van der Waals surface area contributed by atoms with Gasteiger partial charge in [0.2, 0.25) is 0 Å². The molecule has 4 heteroatoms. The summed E-state index contributed by atoms with van der Waals surface area (Å²) in [4.78, 5) is 0. The predicted molar refractivity (Wildman–Crippen MR) is 61.8 cm³/mol. The van der Waals surface area contributed by atoms with E-state index in [1.54, 1.807) is 0 Å². The Bertz CT molecular complexity index is 166. The first-order chi connectivity index (χ1) is 5.24. The molecule has 0 radical (unpaired) electrons. The second-order valence-corrected chi connectivity index (χ2v) is 5.76. The minimum absolute atomic E-state index is 0.497. The highest BCUT2D eigenvalue weighted by molar-refractivity contribution is 14.1. The standard InChI is InChI=1S/C7H10I2N2/c8-6-2-4-11(9)7(5-6)1-3-10/h6-7H,1-2,4-5H2. The van der Waals surface area contributed by atoms with Gasteiger partial charge in [0.15, 0.2) is 0 Å². The monoisotopic (exact) mass is 376 g/mol. The van der Waals surface area contributed by atoms with E-state index in [0.717, 1.165) is 10.5 Å². The fraction of sp³-hybridized carbons (Fsp3) is 0.857. The number of nitriles is 1. The maximum atomic E-state index is 8.54. The Hall–Kier alpha value is 0.910. The molecule has 0 aromatic rings. The number of hydrogen-bond acceptors (Lipinski definition) is 2. The SMILES string of the molecule is N#CCC1CC(I)CCN1I. The lowest BCUT2D eigenvalue weighted by atomic mass is 10.0. The van der Waals surface area contributed by atoms with Crippen molar-refractivity contribution in [2.24, 2.45) is 0 Å². The first-order valence-electron chi connectivity index (χ1n) is 3.67. The number of nitrogens with zero attached hydrogens (tertiary/aromatic N) is 2. The minimum atomic E-state index is 0.497. The van der Waals surface area contributed by atoms with Gasteiger partial charge in [-0.2, -0.15) is 5.26 Å². The Morgan fingerprint density at radius 3 is 3.00 bits per heavy atom. The van der Waals surface area contributed by atoms with Gasteiger partial charge in [-0.15, -0.1) is 0 Å². The van der Waals surface area contributed by atoms with Gasteiger partial charge in [-0.3, -0.25) is 0 Å². The van der Waals surface area contributed by atoms with Crippen molar-refractivity contribution in [3.05, 3.63) is 0 Å². The molecule has 0 aromatic carbocycles. The fourth-order valence-corrected chi connectivity index (χ4v) is 2.83. The second kappa shape index (κ2) is 4.82. The summed E-state index contributed by atoms with van der Waals surface area (Å²) in [5.74, 6) is 0. The third-order valence-electron chi connectivity index (χ3n) is 1.91. The van der Waals surface area contributed by atoms with E-state index in [0.29, 0.717) is 12.5 Å². The summed E-state index contributed by atoms with van der Waals surface area (Å²) in [6.45, 7) is 1.14. The number of rotatable bonds is 1. The van der Waals surface area contributed by atoms with E-state index >= 15 is 0 Å². The van der Waals surface area contributed by atoms with Crippen LogP contribution in [-0.2, 0) is 0 Å². The molecule has 1 fully saturated rings. The normalized spacial score (nSPS) is 33.2. The molecule has 2 nitrogen and oxygen atoms in total. The number of piperidine rings is 1. The number of alkyl halides is 1. The summed E-state index contributed by atoms with van der Waals surface area (Å²) in [6.07, 6.45) is 3.13. The first kappa shape index (κ1) is 9.99. The van der Waals surface area contributed by atoms with Crippen LogP contribution in [0.5, 0.6) is 0 Å². The zero-order chi connectivity index (χ0) is 8.27. The van der Waals surface area contributed by atoms with Crippen molar-refractivity contribution in [2.45, 2.75) is 29.2 Å². The van der Waals surface area contributed by atoms with Crippen molar-refractivity contribution in [3.8, 4) is 6.07 Å². The van der Waals surface area contributed by atoms with Gasteiger partial charge in [-0.25, -0.2) is 3.11 Å². The van der Waals surface area contributed by atoms with Gasteiger partial charge in [0.1, 0.15) is 0 Å². The van der Waals surface area contributed by atoms with Crippen LogP contribution in [0.3, 0.4) is 0 Å². The zero-order valence-corrected chi connectivity index (χ0v) is 10.4. The van der Waals surface area contributed by atoms with Crippen LogP contribution in [0.2, 0.25) is 0 Å². The highest BCUT2D eigenvalue weighted by Gasteiger charge is 2.24. The maximum absolute atomic E-state index is 8.54. The summed E-state index contributed by atoms with van der Waals surface area (Å²) in [5, 5.41) is 8.54. The van der Waals surface area contributed by atoms with Crippen molar-refractivity contribution in [3.63, 3.8) is 0 Å². The highest BCUT2D eigenvalue weighted by Crippen LogP contribution is 2.27. The molecule has 1 rings (SSSR count). The minimum Gasteiger partial charge on any atom is -0.243 e. The number of halogens is 2. The molecule has 62 valence electrons. The van der Waals surface area contributed by atoms with Gasteiger partial charge >= 0.3 is 0 Å². The lowest BCUT2D eigenvalue weighted by Crippen LogP contribution is -2.35. The van der Waals surface area contributed by atoms with Crippen LogP contribution in [-0.4, -0.2) is 19.6 Å². The lowest BCUT2D eigenvalue weighted by molar-refractivity contribution is 0.313. The molecule has 0 saturated carbocycles. The van der Waals surface area contributed by atoms with E-state index in [4.69, 9.17) is 5.26 Å². The smallest absolute Gasteiger partial charge is 0.0638 e. The quantitative estimate of drug-likeness (QED) is 0.400. The van der Waals surface area contributed by atoms with Crippen molar-refractivity contribution in [2.75, 3.05) is 6.54 Å². The Labute approximate surface area is 95.0 Å². The Morgan fingerprint density at radius 1 is 1.64 bits per heavy atom. The van der Waals surface area contributed by atoms with Gasteiger partial charge in [0.25, 0.3) is 0 Å². The molecule has 0 aliphatic carbocycles. The van der Waals surface area contributed by atoms with E-state index in [1.165, 1.54) is 12.8 Å². The van der Waals surface area contributed by atoms with Gasteiger partial charge in [-0.05, 0) is 12.8 Å². The van der Waals surface area contributed by atoms with Crippen LogP contribution in [0.25, 0.3) is 0 Å². The van der Waals surface area contributed by atoms with E-state index in [-0.39, 0.29) is 0 Å². The molecular weight excluding hydrogens is 366 g/mol. The third kappa shape index (κ3) is 3.03. The molecule has 1 saturated heterocycles. The Morgan fingerprint density at radius 2 is 2.36 bits per heavy atom. The molecule has 1 aliphatic rings. The van der Waals surface area contributed by atoms with Gasteiger partial charge in [-0.1, -0.05) is 22.6 Å². The summed E-state index contributed by atoms with van der Waals surface area (Å²) >= 11 is 4.81. The molecular formula is C7H10I2N2. The van der Waals surface area contributed by atoms with Crippen molar-refractivity contribution >= 4 is 45.5 Å². The van der Waals surface area contributed by atoms with Crippen molar-refractivity contribution in [1.29, 1.82) is 5.26 Å². The molecule has 0 amide bonds. The van der Waals surface area contributed by atoms with Crippen LogP contribution in [0.1, 0.15) is 19.3 Å². The zero-order valence-electron chi connectivity index (χ0n) is 6.13. The Kier molecular flexibility index (Phi) is 4.38. The third-order valence-corrected chi connectivity index (χ3v) is 4.31. The summed E-state index contributed by atoms with van der Waals surface area (Å²) in [6, 6.07) is 2.74. The van der Waals surface area contributed by atoms with Crippen LogP contribution in [0.4, 0.5) is 0 Å². The van der Waals surface area contributed by atoms with Crippen molar-refractivity contribution in [1.82, 2.24) is 3.11 Å². The van der Waals surface area contributed by atoms with Gasteiger partial charge in [0.05, 0.1) is 12.5 Å². The Balaban J connectivity index is 2.42. The summed E-state index contributed by atoms with van der Waals surface area (Å²) in [7, 11) is 0. The lowest BCUT2D eigenvalue weighted by Gasteiger charge is -2.31. The molecule has 2 atom stereocenters. The first-order valence-corrected chi connectivity index (χ1v) is 5.88. The van der Waals surface area contributed by atoms with Gasteiger partial charge in [0, 0.05) is 39.4 Å².